The summed E-state index contributed by atoms with van der Waals surface area (Å²) in [5, 5.41) is 9.61. The number of hydrogen-bond donors (Lipinski definition) is 2. The van der Waals surface area contributed by atoms with Crippen molar-refractivity contribution in [1.29, 1.82) is 0 Å². The number of methoxy groups -OCH3 is 1. The Morgan fingerprint density at radius 3 is 3.33 bits per heavy atom. The zero-order valence-electron chi connectivity index (χ0n) is 10.4. The number of rotatable bonds is 5. The molecule has 1 aliphatic heterocycles. The van der Waals surface area contributed by atoms with E-state index in [0.29, 0.717) is 25.4 Å². The molecule has 0 saturated carbocycles. The fraction of sp³-hybridized carbons (Fsp3) is 0.636. The van der Waals surface area contributed by atoms with Crippen LogP contribution in [0.2, 0.25) is 0 Å². The minimum Gasteiger partial charge on any atom is -0.383 e. The number of anilines is 1. The van der Waals surface area contributed by atoms with Crippen molar-refractivity contribution < 1.29 is 14.3 Å². The average molecular weight is 254 g/mol. The molecule has 100 valence electrons. The maximum atomic E-state index is 11.5. The Balaban J connectivity index is 1.80. The Labute approximate surface area is 105 Å². The Morgan fingerprint density at radius 2 is 2.61 bits per heavy atom. The van der Waals surface area contributed by atoms with Gasteiger partial charge in [0.25, 0.3) is 0 Å². The van der Waals surface area contributed by atoms with E-state index < -0.39 is 0 Å². The molecule has 1 fully saturated rings. The summed E-state index contributed by atoms with van der Waals surface area (Å²) in [6.45, 7) is 2.42. The molecule has 1 atom stereocenters. The zero-order valence-corrected chi connectivity index (χ0v) is 10.4. The smallest absolute Gasteiger partial charge is 0.319 e. The van der Waals surface area contributed by atoms with Crippen LogP contribution in [0.5, 0.6) is 0 Å². The van der Waals surface area contributed by atoms with Gasteiger partial charge in [-0.15, -0.1) is 0 Å². The first-order valence-electron chi connectivity index (χ1n) is 5.95. The summed E-state index contributed by atoms with van der Waals surface area (Å²) in [6.07, 6.45) is 4.41. The van der Waals surface area contributed by atoms with Crippen molar-refractivity contribution in [1.82, 2.24) is 15.1 Å². The summed E-state index contributed by atoms with van der Waals surface area (Å²) in [5.41, 5.74) is 0.678. The first kappa shape index (κ1) is 12.8. The van der Waals surface area contributed by atoms with Crippen LogP contribution in [0.3, 0.4) is 0 Å². The van der Waals surface area contributed by atoms with E-state index in [1.807, 2.05) is 10.9 Å². The highest BCUT2D eigenvalue weighted by Gasteiger charge is 2.18. The van der Waals surface area contributed by atoms with Crippen LogP contribution in [0.1, 0.15) is 12.5 Å². The zero-order chi connectivity index (χ0) is 12.8. The highest BCUT2D eigenvalue weighted by molar-refractivity contribution is 5.88. The normalized spacial score (nSPS) is 18.8. The standard InChI is InChI=1S/C11H18N4O3/c1-17-5-3-12-11(16)14-9-6-13-15(7-9)10-2-4-18-8-10/h6-7,10H,2-5,8H2,1H3,(H2,12,14,16)/t10-/m0/s1. The highest BCUT2D eigenvalue weighted by Crippen LogP contribution is 2.19. The molecule has 0 unspecified atom stereocenters. The van der Waals surface area contributed by atoms with Crippen molar-refractivity contribution in [2.75, 3.05) is 38.8 Å². The Kier molecular flexibility index (Phi) is 4.54. The minimum absolute atomic E-state index is 0.255. The summed E-state index contributed by atoms with van der Waals surface area (Å²) in [5.74, 6) is 0. The third-order valence-corrected chi connectivity index (χ3v) is 2.73. The second kappa shape index (κ2) is 6.36. The van der Waals surface area contributed by atoms with Crippen LogP contribution in [0.15, 0.2) is 12.4 Å². The molecule has 2 N–H and O–H groups in total. The topological polar surface area (TPSA) is 77.4 Å². The molecule has 0 aliphatic carbocycles. The highest BCUT2D eigenvalue weighted by atomic mass is 16.5. The van der Waals surface area contributed by atoms with E-state index in [0.717, 1.165) is 13.0 Å². The lowest BCUT2D eigenvalue weighted by Crippen LogP contribution is -2.31. The van der Waals surface area contributed by atoms with E-state index in [4.69, 9.17) is 9.47 Å². The van der Waals surface area contributed by atoms with Gasteiger partial charge >= 0.3 is 6.03 Å². The maximum absolute atomic E-state index is 11.5. The van der Waals surface area contributed by atoms with E-state index in [-0.39, 0.29) is 12.1 Å². The van der Waals surface area contributed by atoms with E-state index in [1.54, 1.807) is 13.3 Å². The van der Waals surface area contributed by atoms with Gasteiger partial charge < -0.3 is 20.1 Å². The quantitative estimate of drug-likeness (QED) is 0.755. The summed E-state index contributed by atoms with van der Waals surface area (Å²) in [4.78, 5) is 11.5. The molecule has 2 heterocycles. The molecular formula is C11H18N4O3. The summed E-state index contributed by atoms with van der Waals surface area (Å²) in [6, 6.07) is 0.0198. The molecule has 0 bridgehead atoms. The molecule has 0 aromatic carbocycles. The largest absolute Gasteiger partial charge is 0.383 e. The Bertz CT molecular complexity index is 387. The monoisotopic (exact) mass is 254 g/mol. The molecule has 1 aromatic rings. The Morgan fingerprint density at radius 1 is 1.72 bits per heavy atom. The lowest BCUT2D eigenvalue weighted by Gasteiger charge is -2.07. The van der Waals surface area contributed by atoms with Gasteiger partial charge in [-0.05, 0) is 6.42 Å². The number of amides is 2. The van der Waals surface area contributed by atoms with Gasteiger partial charge in [-0.3, -0.25) is 4.68 Å². The van der Waals surface area contributed by atoms with Crippen LogP contribution in [-0.4, -0.2) is 49.3 Å². The van der Waals surface area contributed by atoms with Gasteiger partial charge in [0, 0.05) is 26.5 Å². The molecule has 2 amide bonds. The van der Waals surface area contributed by atoms with Crippen LogP contribution < -0.4 is 10.6 Å². The van der Waals surface area contributed by atoms with Crippen molar-refractivity contribution in [3.8, 4) is 0 Å². The molecule has 7 heteroatoms. The number of nitrogens with one attached hydrogen (secondary N) is 2. The minimum atomic E-state index is -0.255. The number of nitrogens with zero attached hydrogens (tertiary/aromatic N) is 2. The fourth-order valence-corrected chi connectivity index (χ4v) is 1.77. The van der Waals surface area contributed by atoms with Gasteiger partial charge in [0.2, 0.25) is 0 Å². The SMILES string of the molecule is COCCNC(=O)Nc1cnn([C@H]2CCOC2)c1. The molecule has 0 spiro atoms. The van der Waals surface area contributed by atoms with Crippen molar-refractivity contribution in [3.05, 3.63) is 12.4 Å². The summed E-state index contributed by atoms with van der Waals surface area (Å²) < 4.78 is 12.0. The van der Waals surface area contributed by atoms with Crippen molar-refractivity contribution >= 4 is 11.7 Å². The van der Waals surface area contributed by atoms with Gasteiger partial charge in [0.1, 0.15) is 0 Å². The maximum Gasteiger partial charge on any atom is 0.319 e. The molecular weight excluding hydrogens is 236 g/mol. The van der Waals surface area contributed by atoms with E-state index in [9.17, 15) is 4.79 Å². The van der Waals surface area contributed by atoms with Crippen molar-refractivity contribution in [3.63, 3.8) is 0 Å². The molecule has 1 aromatic heterocycles. The van der Waals surface area contributed by atoms with Crippen LogP contribution in [0.4, 0.5) is 10.5 Å². The number of carbonyl (C=O) groups is 1. The number of carbonyl (C=O) groups excluding carboxylic acids is 1. The second-order valence-electron chi connectivity index (χ2n) is 4.10. The van der Waals surface area contributed by atoms with Crippen molar-refractivity contribution in [2.45, 2.75) is 12.5 Å². The van der Waals surface area contributed by atoms with Gasteiger partial charge in [0.15, 0.2) is 0 Å². The molecule has 1 saturated heterocycles. The lowest BCUT2D eigenvalue weighted by molar-refractivity contribution is 0.184. The first-order valence-corrected chi connectivity index (χ1v) is 5.95. The first-order chi connectivity index (χ1) is 8.79. The van der Waals surface area contributed by atoms with Crippen LogP contribution in [0, 0.1) is 0 Å². The third-order valence-electron chi connectivity index (χ3n) is 2.73. The van der Waals surface area contributed by atoms with Gasteiger partial charge in [-0.25, -0.2) is 4.79 Å². The molecule has 18 heavy (non-hydrogen) atoms. The van der Waals surface area contributed by atoms with Crippen LogP contribution in [0.25, 0.3) is 0 Å². The molecule has 0 radical (unpaired) electrons. The van der Waals surface area contributed by atoms with E-state index in [2.05, 4.69) is 15.7 Å². The van der Waals surface area contributed by atoms with E-state index >= 15 is 0 Å². The van der Waals surface area contributed by atoms with Gasteiger partial charge in [0.05, 0.1) is 31.1 Å². The Hall–Kier alpha value is -1.60. The predicted octanol–water partition coefficient (Wildman–Crippen LogP) is 0.612. The second-order valence-corrected chi connectivity index (χ2v) is 4.10. The number of hydrogen-bond acceptors (Lipinski definition) is 4. The summed E-state index contributed by atoms with van der Waals surface area (Å²) >= 11 is 0. The third kappa shape index (κ3) is 3.44. The van der Waals surface area contributed by atoms with Crippen LogP contribution in [-0.2, 0) is 9.47 Å². The van der Waals surface area contributed by atoms with E-state index in [1.165, 1.54) is 0 Å². The summed E-state index contributed by atoms with van der Waals surface area (Å²) in [7, 11) is 1.59. The predicted molar refractivity (Wildman–Crippen MR) is 65.6 cm³/mol. The van der Waals surface area contributed by atoms with Crippen molar-refractivity contribution in [2.24, 2.45) is 0 Å². The van der Waals surface area contributed by atoms with Gasteiger partial charge in [-0.2, -0.15) is 5.10 Å². The number of ether oxygens (including phenoxy) is 2. The lowest BCUT2D eigenvalue weighted by atomic mass is 10.3. The fourth-order valence-electron chi connectivity index (χ4n) is 1.77. The molecule has 7 nitrogen and oxygen atoms in total. The van der Waals surface area contributed by atoms with Gasteiger partial charge in [-0.1, -0.05) is 0 Å². The molecule has 2 rings (SSSR count). The number of urea groups is 1. The number of aromatic nitrogens is 2. The molecule has 1 aliphatic rings. The average Bonchev–Trinajstić information content (AvgIpc) is 2.98. The van der Waals surface area contributed by atoms with Crippen LogP contribution >= 0.6 is 0 Å².